The molecule has 2 nitrogen and oxygen atoms in total. The summed E-state index contributed by atoms with van der Waals surface area (Å²) in [5.41, 5.74) is 2.30. The predicted molar refractivity (Wildman–Crippen MR) is 84.3 cm³/mol. The van der Waals surface area contributed by atoms with Crippen molar-refractivity contribution in [3.05, 3.63) is 64.7 Å². The van der Waals surface area contributed by atoms with Gasteiger partial charge in [0.15, 0.2) is 0 Å². The Bertz CT molecular complexity index is 539. The van der Waals surface area contributed by atoms with Gasteiger partial charge in [-0.2, -0.15) is 0 Å². The Morgan fingerprint density at radius 1 is 1.10 bits per heavy atom. The van der Waals surface area contributed by atoms with Crippen LogP contribution in [0.25, 0.3) is 0 Å². The molecule has 0 fully saturated rings. The highest BCUT2D eigenvalue weighted by atomic mass is 35.5. The molecule has 2 aromatic carbocycles. The lowest BCUT2D eigenvalue weighted by molar-refractivity contribution is 0.474. The van der Waals surface area contributed by atoms with Crippen LogP contribution in [0.15, 0.2) is 48.5 Å². The van der Waals surface area contributed by atoms with Gasteiger partial charge in [-0.3, -0.25) is 0 Å². The van der Waals surface area contributed by atoms with Gasteiger partial charge in [-0.15, -0.1) is 0 Å². The largest absolute Gasteiger partial charge is 0.508 e. The van der Waals surface area contributed by atoms with Crippen molar-refractivity contribution < 1.29 is 5.11 Å². The Labute approximate surface area is 125 Å². The lowest BCUT2D eigenvalue weighted by atomic mass is 9.98. The monoisotopic (exact) mass is 289 g/mol. The standard InChI is InChI=1S/C17H20ClNO/c1-2-11-19-17(15-5-3-4-6-16(15)18)12-13-7-9-14(20)10-8-13/h3-10,17,19-20H,2,11-12H2,1H3. The van der Waals surface area contributed by atoms with Crippen LogP contribution in [-0.2, 0) is 6.42 Å². The quantitative estimate of drug-likeness (QED) is 0.829. The highest BCUT2D eigenvalue weighted by Crippen LogP contribution is 2.26. The Balaban J connectivity index is 2.19. The van der Waals surface area contributed by atoms with Crippen LogP contribution < -0.4 is 5.32 Å². The molecule has 0 amide bonds. The molecule has 1 unspecified atom stereocenters. The van der Waals surface area contributed by atoms with Gasteiger partial charge in [0.25, 0.3) is 0 Å². The van der Waals surface area contributed by atoms with E-state index < -0.39 is 0 Å². The van der Waals surface area contributed by atoms with Crippen LogP contribution in [0.1, 0.15) is 30.5 Å². The predicted octanol–water partition coefficient (Wildman–Crippen LogP) is 4.33. The van der Waals surface area contributed by atoms with Crippen molar-refractivity contribution in [3.63, 3.8) is 0 Å². The normalized spacial score (nSPS) is 12.3. The number of hydrogen-bond acceptors (Lipinski definition) is 2. The SMILES string of the molecule is CCCNC(Cc1ccc(O)cc1)c1ccccc1Cl. The molecule has 2 N–H and O–H groups in total. The van der Waals surface area contributed by atoms with Gasteiger partial charge in [-0.05, 0) is 48.7 Å². The number of hydrogen-bond donors (Lipinski definition) is 2. The van der Waals surface area contributed by atoms with Gasteiger partial charge in [0.1, 0.15) is 5.75 Å². The lowest BCUT2D eigenvalue weighted by Crippen LogP contribution is -2.24. The number of nitrogens with one attached hydrogen (secondary N) is 1. The second kappa shape index (κ2) is 7.32. The van der Waals surface area contributed by atoms with Gasteiger partial charge in [0.05, 0.1) is 0 Å². The number of rotatable bonds is 6. The molecule has 0 aromatic heterocycles. The zero-order chi connectivity index (χ0) is 14.4. The summed E-state index contributed by atoms with van der Waals surface area (Å²) in [5, 5.41) is 13.7. The molecule has 0 aliphatic rings. The van der Waals surface area contributed by atoms with Gasteiger partial charge < -0.3 is 10.4 Å². The molecule has 0 saturated heterocycles. The minimum atomic E-state index is 0.188. The third kappa shape index (κ3) is 3.99. The van der Waals surface area contributed by atoms with Gasteiger partial charge in [-0.25, -0.2) is 0 Å². The topological polar surface area (TPSA) is 32.3 Å². The average Bonchev–Trinajstić information content (AvgIpc) is 2.46. The number of phenols is 1. The van der Waals surface area contributed by atoms with E-state index in [0.29, 0.717) is 5.75 Å². The molecule has 1 atom stereocenters. The number of phenolic OH excluding ortho intramolecular Hbond substituents is 1. The maximum absolute atomic E-state index is 9.36. The van der Waals surface area contributed by atoms with Crippen LogP contribution in [0.5, 0.6) is 5.75 Å². The van der Waals surface area contributed by atoms with Gasteiger partial charge in [0, 0.05) is 11.1 Å². The van der Waals surface area contributed by atoms with Crippen molar-refractivity contribution >= 4 is 11.6 Å². The minimum absolute atomic E-state index is 0.188. The molecule has 3 heteroatoms. The fourth-order valence-corrected chi connectivity index (χ4v) is 2.50. The van der Waals surface area contributed by atoms with Crippen LogP contribution in [0, 0.1) is 0 Å². The molecule has 0 bridgehead atoms. The summed E-state index contributed by atoms with van der Waals surface area (Å²) in [6, 6.07) is 15.5. The molecule has 20 heavy (non-hydrogen) atoms. The highest BCUT2D eigenvalue weighted by molar-refractivity contribution is 6.31. The Kier molecular flexibility index (Phi) is 5.45. The van der Waals surface area contributed by atoms with Crippen LogP contribution in [0.4, 0.5) is 0 Å². The van der Waals surface area contributed by atoms with E-state index in [4.69, 9.17) is 11.6 Å². The van der Waals surface area contributed by atoms with Crippen molar-refractivity contribution in [2.24, 2.45) is 0 Å². The molecular weight excluding hydrogens is 270 g/mol. The molecule has 0 aliphatic heterocycles. The lowest BCUT2D eigenvalue weighted by Gasteiger charge is -2.20. The van der Waals surface area contributed by atoms with E-state index in [1.807, 2.05) is 30.3 Å². The number of aromatic hydroxyl groups is 1. The zero-order valence-corrected chi connectivity index (χ0v) is 12.4. The van der Waals surface area contributed by atoms with E-state index in [-0.39, 0.29) is 6.04 Å². The van der Waals surface area contributed by atoms with E-state index >= 15 is 0 Å². The molecule has 106 valence electrons. The summed E-state index contributed by atoms with van der Waals surface area (Å²) in [7, 11) is 0. The number of benzene rings is 2. The third-order valence-corrected chi connectivity index (χ3v) is 3.64. The summed E-state index contributed by atoms with van der Waals surface area (Å²) in [6.45, 7) is 3.10. The van der Waals surface area contributed by atoms with Crippen LogP contribution in [0.3, 0.4) is 0 Å². The van der Waals surface area contributed by atoms with Crippen LogP contribution >= 0.6 is 11.6 Å². The van der Waals surface area contributed by atoms with Crippen molar-refractivity contribution in [1.29, 1.82) is 0 Å². The Morgan fingerprint density at radius 3 is 2.45 bits per heavy atom. The molecule has 0 heterocycles. The third-order valence-electron chi connectivity index (χ3n) is 3.30. The molecule has 2 rings (SSSR count). The molecule has 2 aromatic rings. The fraction of sp³-hybridized carbons (Fsp3) is 0.294. The minimum Gasteiger partial charge on any atom is -0.508 e. The summed E-state index contributed by atoms with van der Waals surface area (Å²) in [4.78, 5) is 0. The summed E-state index contributed by atoms with van der Waals surface area (Å²) >= 11 is 6.31. The van der Waals surface area contributed by atoms with E-state index in [9.17, 15) is 5.11 Å². The van der Waals surface area contributed by atoms with Crippen LogP contribution in [0.2, 0.25) is 5.02 Å². The van der Waals surface area contributed by atoms with Crippen molar-refractivity contribution in [1.82, 2.24) is 5.32 Å². The summed E-state index contributed by atoms with van der Waals surface area (Å²) in [5.74, 6) is 0.296. The Morgan fingerprint density at radius 2 is 1.80 bits per heavy atom. The second-order valence-corrected chi connectivity index (χ2v) is 5.31. The van der Waals surface area contributed by atoms with E-state index in [0.717, 1.165) is 30.0 Å². The average molecular weight is 290 g/mol. The van der Waals surface area contributed by atoms with Crippen molar-refractivity contribution in [3.8, 4) is 5.75 Å². The first-order chi connectivity index (χ1) is 9.70. The zero-order valence-electron chi connectivity index (χ0n) is 11.6. The molecule has 0 aliphatic carbocycles. The number of halogens is 1. The maximum Gasteiger partial charge on any atom is 0.115 e. The van der Waals surface area contributed by atoms with Gasteiger partial charge in [0.2, 0.25) is 0 Å². The Hall–Kier alpha value is -1.51. The highest BCUT2D eigenvalue weighted by Gasteiger charge is 2.14. The van der Waals surface area contributed by atoms with E-state index in [1.165, 1.54) is 5.56 Å². The first-order valence-corrected chi connectivity index (χ1v) is 7.34. The van der Waals surface area contributed by atoms with E-state index in [2.05, 4.69) is 18.3 Å². The van der Waals surface area contributed by atoms with Gasteiger partial charge >= 0.3 is 0 Å². The van der Waals surface area contributed by atoms with E-state index in [1.54, 1.807) is 12.1 Å². The maximum atomic E-state index is 9.36. The fourth-order valence-electron chi connectivity index (χ4n) is 2.24. The summed E-state index contributed by atoms with van der Waals surface area (Å²) in [6.07, 6.45) is 1.93. The first kappa shape index (κ1) is 14.9. The molecule has 0 saturated carbocycles. The summed E-state index contributed by atoms with van der Waals surface area (Å²) < 4.78 is 0. The smallest absolute Gasteiger partial charge is 0.115 e. The molecule has 0 spiro atoms. The van der Waals surface area contributed by atoms with Gasteiger partial charge in [-0.1, -0.05) is 48.9 Å². The molecular formula is C17H20ClNO. The first-order valence-electron chi connectivity index (χ1n) is 6.96. The van der Waals surface area contributed by atoms with Crippen molar-refractivity contribution in [2.75, 3.05) is 6.54 Å². The van der Waals surface area contributed by atoms with Crippen LogP contribution in [-0.4, -0.2) is 11.7 Å². The molecule has 0 radical (unpaired) electrons. The second-order valence-electron chi connectivity index (χ2n) is 4.90. The van der Waals surface area contributed by atoms with Crippen molar-refractivity contribution in [2.45, 2.75) is 25.8 Å².